The first-order valence-electron chi connectivity index (χ1n) is 6.62. The third-order valence-corrected chi connectivity index (χ3v) is 3.59. The summed E-state index contributed by atoms with van der Waals surface area (Å²) in [5, 5.41) is 1.95. The smallest absolute Gasteiger partial charge is 0.234 e. The zero-order valence-corrected chi connectivity index (χ0v) is 10.4. The van der Waals surface area contributed by atoms with Crippen LogP contribution in [-0.4, -0.2) is 43.3 Å². The number of carbonyl (C=O) groups excluding carboxylic acids is 1. The lowest BCUT2D eigenvalue weighted by Crippen LogP contribution is -2.48. The third-order valence-electron chi connectivity index (χ3n) is 3.59. The minimum Gasteiger partial charge on any atom is -0.379 e. The monoisotopic (exact) mass is 241 g/mol. The highest BCUT2D eigenvalue weighted by Crippen LogP contribution is 2.25. The van der Waals surface area contributed by atoms with Crippen LogP contribution in [0.25, 0.3) is 0 Å². The van der Waals surface area contributed by atoms with Crippen molar-refractivity contribution in [1.82, 2.24) is 10.4 Å². The summed E-state index contributed by atoms with van der Waals surface area (Å²) in [5.41, 5.74) is 8.88. The molecule has 0 spiro atoms. The van der Waals surface area contributed by atoms with Crippen LogP contribution in [0.5, 0.6) is 0 Å². The molecule has 1 aliphatic heterocycles. The lowest BCUT2D eigenvalue weighted by atomic mass is 9.84. The molecule has 0 bridgehead atoms. The van der Waals surface area contributed by atoms with E-state index < -0.39 is 0 Å². The molecule has 1 heterocycles. The van der Waals surface area contributed by atoms with Crippen molar-refractivity contribution >= 4 is 5.91 Å². The predicted octanol–water partition coefficient (Wildman–Crippen LogP) is 0.257. The highest BCUT2D eigenvalue weighted by Gasteiger charge is 2.22. The Morgan fingerprint density at radius 3 is 2.82 bits per heavy atom. The number of amides is 1. The van der Waals surface area contributed by atoms with Crippen LogP contribution in [0.4, 0.5) is 0 Å². The second kappa shape index (κ2) is 6.33. The molecule has 0 radical (unpaired) electrons. The first-order chi connectivity index (χ1) is 8.24. The molecule has 1 saturated heterocycles. The van der Waals surface area contributed by atoms with E-state index in [4.69, 9.17) is 10.5 Å². The molecule has 98 valence electrons. The minimum absolute atomic E-state index is 0.131. The number of nitrogens with one attached hydrogen (secondary N) is 1. The molecule has 5 heteroatoms. The van der Waals surface area contributed by atoms with E-state index >= 15 is 0 Å². The number of nitrogens with two attached hydrogens (primary N) is 1. The number of nitrogens with zero attached hydrogens (tertiary/aromatic N) is 1. The van der Waals surface area contributed by atoms with Crippen LogP contribution >= 0.6 is 0 Å². The summed E-state index contributed by atoms with van der Waals surface area (Å²) < 4.78 is 5.24. The molecule has 2 aliphatic rings. The van der Waals surface area contributed by atoms with Gasteiger partial charge in [0.1, 0.15) is 0 Å². The summed E-state index contributed by atoms with van der Waals surface area (Å²) in [6.45, 7) is 2.98. The van der Waals surface area contributed by atoms with Gasteiger partial charge in [0.05, 0.1) is 13.2 Å². The maximum Gasteiger partial charge on any atom is 0.234 e. The van der Waals surface area contributed by atoms with Gasteiger partial charge in [-0.25, -0.2) is 5.01 Å². The maximum atomic E-state index is 11.9. The van der Waals surface area contributed by atoms with Gasteiger partial charge in [0.25, 0.3) is 0 Å². The number of carbonyl (C=O) groups is 1. The first-order valence-corrected chi connectivity index (χ1v) is 6.62. The van der Waals surface area contributed by atoms with Gasteiger partial charge in [-0.2, -0.15) is 0 Å². The van der Waals surface area contributed by atoms with Crippen molar-refractivity contribution in [2.24, 2.45) is 11.7 Å². The Hall–Kier alpha value is -0.650. The van der Waals surface area contributed by atoms with Crippen LogP contribution in [-0.2, 0) is 9.53 Å². The van der Waals surface area contributed by atoms with Crippen molar-refractivity contribution in [1.29, 1.82) is 0 Å². The zero-order valence-electron chi connectivity index (χ0n) is 10.4. The highest BCUT2D eigenvalue weighted by molar-refractivity contribution is 5.75. The summed E-state index contributed by atoms with van der Waals surface area (Å²) in [6.07, 6.45) is 5.03. The van der Waals surface area contributed by atoms with Gasteiger partial charge < -0.3 is 10.5 Å². The first kappa shape index (κ1) is 12.8. The second-order valence-electron chi connectivity index (χ2n) is 5.13. The fraction of sp³-hybridized carbons (Fsp3) is 0.917. The Labute approximate surface area is 103 Å². The Morgan fingerprint density at radius 1 is 1.35 bits per heavy atom. The van der Waals surface area contributed by atoms with Crippen LogP contribution in [0, 0.1) is 5.92 Å². The molecule has 2 fully saturated rings. The lowest BCUT2D eigenvalue weighted by molar-refractivity contribution is -0.129. The van der Waals surface area contributed by atoms with Crippen molar-refractivity contribution in [3.63, 3.8) is 0 Å². The van der Waals surface area contributed by atoms with Gasteiger partial charge in [-0.3, -0.25) is 10.2 Å². The Bertz CT molecular complexity index is 254. The summed E-state index contributed by atoms with van der Waals surface area (Å²) in [6, 6.07) is 0.296. The fourth-order valence-electron chi connectivity index (χ4n) is 2.68. The number of morpholine rings is 1. The number of hydrazine groups is 1. The van der Waals surface area contributed by atoms with Gasteiger partial charge in [-0.1, -0.05) is 6.42 Å². The van der Waals surface area contributed by atoms with E-state index in [1.165, 1.54) is 0 Å². The van der Waals surface area contributed by atoms with Gasteiger partial charge in [0.2, 0.25) is 5.91 Å². The standard InChI is InChI=1S/C12H23N3O2/c13-11-3-1-2-10(8-11)9-12(16)14-15-4-6-17-7-5-15/h10-11H,1-9,13H2,(H,14,16). The van der Waals surface area contributed by atoms with E-state index in [2.05, 4.69) is 5.43 Å². The quantitative estimate of drug-likeness (QED) is 0.743. The fourth-order valence-corrected chi connectivity index (χ4v) is 2.68. The van der Waals surface area contributed by atoms with Gasteiger partial charge in [0, 0.05) is 25.6 Å². The van der Waals surface area contributed by atoms with E-state index in [0.717, 1.165) is 38.8 Å². The Morgan fingerprint density at radius 2 is 2.12 bits per heavy atom. The van der Waals surface area contributed by atoms with Crippen molar-refractivity contribution in [2.75, 3.05) is 26.3 Å². The summed E-state index contributed by atoms with van der Waals surface area (Å²) in [4.78, 5) is 11.9. The average molecular weight is 241 g/mol. The Kier molecular flexibility index (Phi) is 4.76. The minimum atomic E-state index is 0.131. The van der Waals surface area contributed by atoms with E-state index in [1.807, 2.05) is 5.01 Å². The third kappa shape index (κ3) is 4.26. The van der Waals surface area contributed by atoms with Crippen LogP contribution in [0.15, 0.2) is 0 Å². The molecule has 17 heavy (non-hydrogen) atoms. The SMILES string of the molecule is NC1CCCC(CC(=O)NN2CCOCC2)C1. The molecular weight excluding hydrogens is 218 g/mol. The van der Waals surface area contributed by atoms with E-state index in [-0.39, 0.29) is 5.91 Å². The molecule has 0 aromatic heterocycles. The molecule has 2 unspecified atom stereocenters. The summed E-state index contributed by atoms with van der Waals surface area (Å²) in [5.74, 6) is 0.603. The topological polar surface area (TPSA) is 67.6 Å². The molecule has 2 rings (SSSR count). The lowest BCUT2D eigenvalue weighted by Gasteiger charge is -2.29. The van der Waals surface area contributed by atoms with Gasteiger partial charge in [-0.15, -0.1) is 0 Å². The van der Waals surface area contributed by atoms with Crippen molar-refractivity contribution in [3.8, 4) is 0 Å². The summed E-state index contributed by atoms with van der Waals surface area (Å²) in [7, 11) is 0. The molecule has 3 N–H and O–H groups in total. The molecule has 1 aliphatic carbocycles. The molecule has 5 nitrogen and oxygen atoms in total. The second-order valence-corrected chi connectivity index (χ2v) is 5.13. The Balaban J connectivity index is 1.68. The normalized spacial score (nSPS) is 31.1. The number of hydrogen-bond donors (Lipinski definition) is 2. The predicted molar refractivity (Wildman–Crippen MR) is 65.1 cm³/mol. The van der Waals surface area contributed by atoms with Crippen LogP contribution in [0.2, 0.25) is 0 Å². The van der Waals surface area contributed by atoms with Crippen LogP contribution in [0.3, 0.4) is 0 Å². The maximum absolute atomic E-state index is 11.9. The molecule has 1 saturated carbocycles. The molecule has 0 aromatic carbocycles. The van der Waals surface area contributed by atoms with Crippen LogP contribution < -0.4 is 11.2 Å². The summed E-state index contributed by atoms with van der Waals surface area (Å²) >= 11 is 0. The van der Waals surface area contributed by atoms with Gasteiger partial charge in [-0.05, 0) is 25.2 Å². The van der Waals surface area contributed by atoms with E-state index in [9.17, 15) is 4.79 Å². The highest BCUT2D eigenvalue weighted by atomic mass is 16.5. The average Bonchev–Trinajstić information content (AvgIpc) is 2.30. The van der Waals surface area contributed by atoms with Crippen molar-refractivity contribution in [2.45, 2.75) is 38.1 Å². The number of ether oxygens (including phenoxy) is 1. The van der Waals surface area contributed by atoms with Crippen molar-refractivity contribution in [3.05, 3.63) is 0 Å². The van der Waals surface area contributed by atoms with Crippen molar-refractivity contribution < 1.29 is 9.53 Å². The molecule has 1 amide bonds. The number of rotatable bonds is 3. The van der Waals surface area contributed by atoms with Gasteiger partial charge >= 0.3 is 0 Å². The zero-order chi connectivity index (χ0) is 12.1. The number of hydrogen-bond acceptors (Lipinski definition) is 4. The van der Waals surface area contributed by atoms with Gasteiger partial charge in [0.15, 0.2) is 0 Å². The molecule has 0 aromatic rings. The van der Waals surface area contributed by atoms with E-state index in [1.54, 1.807) is 0 Å². The molecule has 2 atom stereocenters. The van der Waals surface area contributed by atoms with E-state index in [0.29, 0.717) is 31.6 Å². The largest absolute Gasteiger partial charge is 0.379 e. The molecular formula is C12H23N3O2. The van der Waals surface area contributed by atoms with Crippen LogP contribution in [0.1, 0.15) is 32.1 Å².